The highest BCUT2D eigenvalue weighted by Gasteiger charge is 2.56. The number of benzene rings is 4. The number of fused-ring (bicyclic) bond motifs is 2. The molecule has 0 bridgehead atoms. The third-order valence-corrected chi connectivity index (χ3v) is 35.7. The predicted molar refractivity (Wildman–Crippen MR) is 480 cm³/mol. The quantitative estimate of drug-likeness (QED) is 0.0119. The Balaban J connectivity index is 0.000000285. The van der Waals surface area contributed by atoms with Gasteiger partial charge in [0.15, 0.2) is 29.1 Å². The molecule has 4 aliphatic heterocycles. The minimum absolute atomic E-state index is 0.0235. The highest BCUT2D eigenvalue weighted by molar-refractivity contribution is 7.45. The van der Waals surface area contributed by atoms with Crippen LogP contribution in [0.4, 0.5) is 11.6 Å². The number of hydrogen-bond acceptors (Lipinski definition) is 25. The van der Waals surface area contributed by atoms with E-state index >= 15 is 0 Å². The number of carbonyl (C=O) groups excluding carboxylic acids is 8. The zero-order valence-electron chi connectivity index (χ0n) is 75.5. The lowest BCUT2D eigenvalue weighted by Gasteiger charge is -2.42. The van der Waals surface area contributed by atoms with Crippen LogP contribution in [0.3, 0.4) is 0 Å². The number of hydrogen-bond donors (Lipinski definition) is 2. The average Bonchev–Trinajstić information content (AvgIpc) is 1.61. The Kier molecular flexibility index (Phi) is 35.5. The first-order valence-electron chi connectivity index (χ1n) is 42.1. The summed E-state index contributed by atoms with van der Waals surface area (Å²) in [6.45, 7) is 44.4. The van der Waals surface area contributed by atoms with Crippen LogP contribution in [0.2, 0.25) is 36.3 Å². The normalized spacial score (nSPS) is 19.5. The Bertz CT molecular complexity index is 4920. The van der Waals surface area contributed by atoms with E-state index in [0.29, 0.717) is 11.1 Å². The Morgan fingerprint density at radius 3 is 1.22 bits per heavy atom. The van der Waals surface area contributed by atoms with E-state index in [4.69, 9.17) is 52.5 Å². The van der Waals surface area contributed by atoms with Crippen molar-refractivity contribution in [3.8, 4) is 6.07 Å². The largest absolute Gasteiger partial charge is 0.408 e. The van der Waals surface area contributed by atoms with Gasteiger partial charge in [0, 0.05) is 74.9 Å². The van der Waals surface area contributed by atoms with Gasteiger partial charge < -0.3 is 71.2 Å². The summed E-state index contributed by atoms with van der Waals surface area (Å²) in [6, 6.07) is 35.1. The second-order valence-corrected chi connectivity index (χ2v) is 47.3. The molecule has 0 spiro atoms. The summed E-state index contributed by atoms with van der Waals surface area (Å²) in [6.07, 6.45) is -4.22. The van der Waals surface area contributed by atoms with Gasteiger partial charge in [-0.15, -0.1) is 0 Å². The van der Waals surface area contributed by atoms with Crippen molar-refractivity contribution in [2.45, 2.75) is 213 Å². The number of aromatic nitrogens is 4. The highest BCUT2D eigenvalue weighted by atomic mass is 31.2. The van der Waals surface area contributed by atoms with Crippen LogP contribution in [-0.4, -0.2) is 259 Å². The number of nitriles is 1. The maximum Gasteiger partial charge on any atom is 0.351 e. The second-order valence-electron chi connectivity index (χ2n) is 34.9. The lowest BCUT2D eigenvalue weighted by molar-refractivity contribution is -0.131. The van der Waals surface area contributed by atoms with Gasteiger partial charge in [-0.1, -0.05) is 102 Å². The van der Waals surface area contributed by atoms with E-state index in [1.54, 1.807) is 123 Å². The number of ether oxygens (including phenoxy) is 4. The molecule has 6 aromatic rings. The Morgan fingerprint density at radius 1 is 0.516 bits per heavy atom. The molecule has 8 amide bonds. The van der Waals surface area contributed by atoms with Crippen molar-refractivity contribution in [1.29, 1.82) is 5.26 Å². The van der Waals surface area contributed by atoms with E-state index in [2.05, 4.69) is 109 Å². The van der Waals surface area contributed by atoms with Gasteiger partial charge in [-0.25, -0.2) is 25.5 Å². The predicted octanol–water partition coefficient (Wildman–Crippen LogP) is 12.4. The topological polar surface area (TPSA) is 370 Å². The average molecular weight is 1810 g/mol. The molecule has 10 atom stereocenters. The number of amides is 8. The summed E-state index contributed by atoms with van der Waals surface area (Å²) in [5.74, 6) is -3.73. The molecular weight excluding hydrogens is 1690 g/mol. The van der Waals surface area contributed by atoms with Gasteiger partial charge in [-0.3, -0.25) is 57.3 Å². The molecule has 10 rings (SSSR count). The number of likely N-dealkylation sites (N-methyl/N-ethyl adjacent to an activating group) is 2. The fraction of sp³-hybridized carbons (Fsp3) is 0.523. The van der Waals surface area contributed by atoms with E-state index in [1.165, 1.54) is 43.5 Å². The van der Waals surface area contributed by atoms with Crippen molar-refractivity contribution < 1.29 is 84.3 Å². The Morgan fingerprint density at radius 2 is 0.865 bits per heavy atom. The molecule has 0 saturated carbocycles. The summed E-state index contributed by atoms with van der Waals surface area (Å²) in [5, 5.41) is 14.3. The fourth-order valence-corrected chi connectivity index (χ4v) is 19.8. The Labute approximate surface area is 741 Å². The number of imide groups is 2. The zero-order valence-corrected chi connectivity index (χ0v) is 79.3. The summed E-state index contributed by atoms with van der Waals surface area (Å²) < 4.78 is 73.6. The van der Waals surface area contributed by atoms with Crippen LogP contribution in [0, 0.1) is 17.9 Å². The number of anilines is 2. The number of nitrogens with zero attached hydrogens (tertiary/aromatic N) is 12. The number of nitrogens with one attached hydrogen (secondary N) is 2. The van der Waals surface area contributed by atoms with Crippen LogP contribution in [0.1, 0.15) is 178 Å². The zero-order chi connectivity index (χ0) is 92.4. The van der Waals surface area contributed by atoms with Gasteiger partial charge in [-0.2, -0.15) is 15.2 Å². The Hall–Kier alpha value is -9.41. The van der Waals surface area contributed by atoms with Crippen molar-refractivity contribution in [1.82, 2.24) is 48.0 Å². The van der Waals surface area contributed by atoms with Gasteiger partial charge >= 0.3 is 11.4 Å². The van der Waals surface area contributed by atoms with Crippen LogP contribution in [0.5, 0.6) is 0 Å². The molecule has 0 radical (unpaired) electrons. The molecule has 2 aromatic heterocycles. The van der Waals surface area contributed by atoms with Gasteiger partial charge in [0.2, 0.25) is 18.4 Å². The smallest absolute Gasteiger partial charge is 0.351 e. The van der Waals surface area contributed by atoms with Gasteiger partial charge in [0.25, 0.3) is 52.5 Å². The van der Waals surface area contributed by atoms with E-state index in [0.717, 1.165) is 9.80 Å². The molecule has 680 valence electrons. The molecule has 2 fully saturated rings. The lowest BCUT2D eigenvalue weighted by atomic mass is 10.1. The van der Waals surface area contributed by atoms with E-state index in [9.17, 15) is 53.2 Å². The molecule has 126 heavy (non-hydrogen) atoms. The van der Waals surface area contributed by atoms with Crippen LogP contribution < -0.4 is 22.0 Å². The van der Waals surface area contributed by atoms with Crippen molar-refractivity contribution in [3.63, 3.8) is 0 Å². The van der Waals surface area contributed by atoms with Crippen LogP contribution >= 0.6 is 17.1 Å². The molecule has 4 unspecified atom stereocenters. The first-order valence-corrected chi connectivity index (χ1v) is 50.2. The van der Waals surface area contributed by atoms with E-state index in [-0.39, 0.29) is 134 Å². The summed E-state index contributed by atoms with van der Waals surface area (Å²) in [7, 11) is -5.82. The number of rotatable bonds is 40. The van der Waals surface area contributed by atoms with Crippen molar-refractivity contribution in [2.75, 3.05) is 97.1 Å². The maximum atomic E-state index is 14.0. The summed E-state index contributed by atoms with van der Waals surface area (Å²) >= 11 is 0. The molecule has 38 heteroatoms. The standard InChI is InChI=1S/2C44H60N7O10PSi/c1-29(2)51(30(3)4)62(58-25-22-45-8)60-38-37(61-63(10,11)44(5,6)7)34(59-42(38)49-23-21-35(47-43(49)56)46-39(53)31-17-13-12-14-18-31)28-57-26-24-48(9)36(52)27-50-40(54)32-19-15-16-20-33(32)41(50)55;1-29(2)51(30(3)4)62(58-25-16-22-45)60-37-34(28-57-26-24-48(8)36(52)27-50-40(54)32-19-14-15-20-33(32)41(50)55)59-42(38(37)61-63(9,10)44(5,6)7)49-23-21-35(47-43(49)56)46-39(53)31-17-12-11-13-18-31/h12-21,23,29-30,34,37-38,42H,22,24-28H2,1-7,9-11H3,(H,46,47,53,56);11-15,17-21,23,29-30,34,37-38,42H,16,24-28H2,1-10H3,(H,46,47,53,56)/t2*34-,37+,38?,42-,62?/m11/s1. The van der Waals surface area contributed by atoms with E-state index < -0.39 is 154 Å². The van der Waals surface area contributed by atoms with Gasteiger partial charge in [0.05, 0.1) is 67.8 Å². The second kappa shape index (κ2) is 44.5. The summed E-state index contributed by atoms with van der Waals surface area (Å²) in [4.78, 5) is 148. The van der Waals surface area contributed by atoms with Crippen molar-refractivity contribution >= 4 is 92.6 Å². The maximum absolute atomic E-state index is 14.0. The molecule has 2 saturated heterocycles. The molecule has 2 N–H and O–H groups in total. The molecule has 0 aliphatic carbocycles. The minimum Gasteiger partial charge on any atom is -0.408 e. The molecule has 34 nitrogen and oxygen atoms in total. The van der Waals surface area contributed by atoms with Crippen LogP contribution in [0.25, 0.3) is 4.85 Å². The third-order valence-electron chi connectivity index (χ3n) is 22.4. The van der Waals surface area contributed by atoms with Gasteiger partial charge in [-0.05, 0) is 152 Å². The SMILES string of the molecule is CC(C)N(C(C)C)P(OCCC#N)O[C@@H]1C(O[Si](C)(C)C(C)(C)C)[C@H](n2ccc(NC(=O)c3ccccc3)nc2=O)O[C@@H]1COCCN(C)C(=O)CN1C(=O)c2ccccc2C1=O.[C-]#[N+]CCOP(OC1[C@@H](O[Si](C)(C)C(C)(C)C)[C@@H](COCCN(C)C(=O)CN2C(=O)c3ccccc3C2=O)O[C@H]1n1ccc(NC(=O)c2ccccc2)nc1=O)N(C(C)C)C(C)C. The monoisotopic (exact) mass is 1810 g/mol. The van der Waals surface area contributed by atoms with Crippen molar-refractivity contribution in [2.24, 2.45) is 0 Å². The highest BCUT2D eigenvalue weighted by Crippen LogP contribution is 2.54. The molecular formula is C88H120N14O20P2Si2. The first kappa shape index (κ1) is 100. The van der Waals surface area contributed by atoms with Crippen molar-refractivity contribution in [3.05, 3.63) is 199 Å². The molecule has 4 aliphatic rings. The van der Waals surface area contributed by atoms with E-state index in [1.807, 2.05) is 55.4 Å². The fourth-order valence-electron chi connectivity index (χ4n) is 13.7. The minimum atomic E-state index is -2.65. The van der Waals surface area contributed by atoms with Gasteiger partial charge in [0.1, 0.15) is 68.0 Å². The number of carbonyl (C=O) groups is 8. The van der Waals surface area contributed by atoms with Crippen LogP contribution in [-0.2, 0) is 55.5 Å². The van der Waals surface area contributed by atoms with Crippen LogP contribution in [0.15, 0.2) is 143 Å². The molecule has 6 heterocycles. The third kappa shape index (κ3) is 25.1. The summed E-state index contributed by atoms with van der Waals surface area (Å²) in [5.41, 5.74) is 0.431. The lowest BCUT2D eigenvalue weighted by Crippen LogP contribution is -2.51. The first-order chi connectivity index (χ1) is 59.5. The molecule has 4 aromatic carbocycles.